The maximum absolute atomic E-state index is 15.0. The van der Waals surface area contributed by atoms with Gasteiger partial charge in [-0.15, -0.1) is 0 Å². The summed E-state index contributed by atoms with van der Waals surface area (Å²) in [7, 11) is 0. The maximum atomic E-state index is 15.0. The first kappa shape index (κ1) is 24.5. The highest BCUT2D eigenvalue weighted by Gasteiger charge is 2.27. The van der Waals surface area contributed by atoms with Gasteiger partial charge in [0.15, 0.2) is 11.6 Å². The van der Waals surface area contributed by atoms with E-state index in [9.17, 15) is 8.78 Å². The van der Waals surface area contributed by atoms with Crippen molar-refractivity contribution in [3.05, 3.63) is 94.3 Å². The third kappa shape index (κ3) is 5.55. The van der Waals surface area contributed by atoms with Crippen LogP contribution in [0.25, 0.3) is 11.1 Å². The van der Waals surface area contributed by atoms with Crippen LogP contribution in [0, 0.1) is 17.5 Å². The van der Waals surface area contributed by atoms with E-state index < -0.39 is 11.6 Å². The van der Waals surface area contributed by atoms with Crippen molar-refractivity contribution in [1.29, 1.82) is 0 Å². The van der Waals surface area contributed by atoms with Gasteiger partial charge < -0.3 is 4.74 Å². The highest BCUT2D eigenvalue weighted by atomic mass is 19.2. The summed E-state index contributed by atoms with van der Waals surface area (Å²) in [4.78, 5) is 0. The highest BCUT2D eigenvalue weighted by Crippen LogP contribution is 2.38. The molecule has 1 aliphatic carbocycles. The molecule has 0 heterocycles. The van der Waals surface area contributed by atoms with Crippen LogP contribution in [0.4, 0.5) is 13.2 Å². The van der Waals surface area contributed by atoms with E-state index in [2.05, 4.69) is 6.92 Å². The molecule has 0 amide bonds. The molecule has 1 fully saturated rings. The van der Waals surface area contributed by atoms with Crippen LogP contribution < -0.4 is 0 Å². The summed E-state index contributed by atoms with van der Waals surface area (Å²) in [6.07, 6.45) is 5.66. The van der Waals surface area contributed by atoms with Gasteiger partial charge in [-0.3, -0.25) is 0 Å². The molecule has 1 saturated carbocycles. The minimum absolute atomic E-state index is 0.0170. The fourth-order valence-corrected chi connectivity index (χ4v) is 4.93. The van der Waals surface area contributed by atoms with E-state index in [0.717, 1.165) is 56.1 Å². The van der Waals surface area contributed by atoms with Gasteiger partial charge in [-0.05, 0) is 78.3 Å². The molecule has 0 atom stereocenters. The largest absolute Gasteiger partial charge is 0.374 e. The molecule has 3 aromatic rings. The Morgan fingerprint density at radius 1 is 0.794 bits per heavy atom. The second-order valence-corrected chi connectivity index (χ2v) is 9.34. The lowest BCUT2D eigenvalue weighted by atomic mass is 9.82. The van der Waals surface area contributed by atoms with Crippen LogP contribution in [0.3, 0.4) is 0 Å². The molecule has 0 bridgehead atoms. The summed E-state index contributed by atoms with van der Waals surface area (Å²) in [6.45, 7) is 4.47. The first-order chi connectivity index (χ1) is 16.5. The minimum atomic E-state index is -0.770. The first-order valence-electron chi connectivity index (χ1n) is 12.5. The van der Waals surface area contributed by atoms with E-state index in [1.54, 1.807) is 18.2 Å². The summed E-state index contributed by atoms with van der Waals surface area (Å²) < 4.78 is 50.2. The van der Waals surface area contributed by atoms with Crippen LogP contribution in [-0.2, 0) is 24.2 Å². The number of aryl methyl sites for hydroxylation is 2. The van der Waals surface area contributed by atoms with Crippen LogP contribution in [0.1, 0.15) is 74.1 Å². The van der Waals surface area contributed by atoms with Gasteiger partial charge in [-0.25, -0.2) is 13.2 Å². The second kappa shape index (κ2) is 11.2. The van der Waals surface area contributed by atoms with Gasteiger partial charge in [0.2, 0.25) is 0 Å². The van der Waals surface area contributed by atoms with Crippen LogP contribution >= 0.6 is 0 Å². The quantitative estimate of drug-likeness (QED) is 0.323. The summed E-state index contributed by atoms with van der Waals surface area (Å²) >= 11 is 0. The number of halogens is 3. The van der Waals surface area contributed by atoms with E-state index in [0.29, 0.717) is 23.3 Å². The minimum Gasteiger partial charge on any atom is -0.374 e. The molecular weight excluding hydrogens is 433 g/mol. The fraction of sp³-hybridized carbons (Fsp3) is 0.400. The molecule has 0 saturated heterocycles. The van der Waals surface area contributed by atoms with Gasteiger partial charge in [0.1, 0.15) is 5.82 Å². The van der Waals surface area contributed by atoms with E-state index in [4.69, 9.17) is 4.74 Å². The summed E-state index contributed by atoms with van der Waals surface area (Å²) in [6, 6.07) is 16.4. The van der Waals surface area contributed by atoms with Crippen molar-refractivity contribution in [2.45, 2.75) is 77.4 Å². The molecule has 1 nitrogen and oxygen atoms in total. The lowest BCUT2D eigenvalue weighted by molar-refractivity contribution is 0.0130. The van der Waals surface area contributed by atoms with Crippen LogP contribution in [0.2, 0.25) is 0 Å². The van der Waals surface area contributed by atoms with Gasteiger partial charge in [0.05, 0.1) is 12.7 Å². The molecule has 0 N–H and O–H groups in total. The Balaban J connectivity index is 1.35. The molecule has 4 rings (SSSR count). The van der Waals surface area contributed by atoms with E-state index in [1.807, 2.05) is 43.3 Å². The van der Waals surface area contributed by atoms with Gasteiger partial charge >= 0.3 is 0 Å². The van der Waals surface area contributed by atoms with Crippen molar-refractivity contribution in [2.75, 3.05) is 0 Å². The van der Waals surface area contributed by atoms with Crippen molar-refractivity contribution in [1.82, 2.24) is 0 Å². The predicted octanol–water partition coefficient (Wildman–Crippen LogP) is 8.53. The van der Waals surface area contributed by atoms with Crippen molar-refractivity contribution >= 4 is 0 Å². The first-order valence-corrected chi connectivity index (χ1v) is 12.5. The molecule has 4 heteroatoms. The van der Waals surface area contributed by atoms with Crippen LogP contribution in [-0.4, -0.2) is 6.10 Å². The third-order valence-corrected chi connectivity index (χ3v) is 7.02. The van der Waals surface area contributed by atoms with Crippen molar-refractivity contribution in [3.8, 4) is 11.1 Å². The number of ether oxygens (including phenoxy) is 1. The molecule has 180 valence electrons. The summed E-state index contributed by atoms with van der Waals surface area (Å²) in [5.74, 6) is -1.69. The van der Waals surface area contributed by atoms with Gasteiger partial charge in [0, 0.05) is 5.56 Å². The monoisotopic (exact) mass is 466 g/mol. The molecular formula is C30H33F3O. The lowest BCUT2D eigenvalue weighted by Gasteiger charge is -2.29. The zero-order valence-corrected chi connectivity index (χ0v) is 20.0. The standard InChI is InChI=1S/C30H33F3O/c1-3-5-24-11-8-21(18-28(24)31)19-34-25-14-12-23(13-15-25)27-17-16-26(29(32)30(27)33)22-9-6-20(4-2)7-10-22/h6-11,16-18,23,25H,3-5,12-15,19H2,1-2H3. The molecule has 34 heavy (non-hydrogen) atoms. The average Bonchev–Trinajstić information content (AvgIpc) is 2.86. The van der Waals surface area contributed by atoms with Gasteiger partial charge in [-0.2, -0.15) is 0 Å². The van der Waals surface area contributed by atoms with E-state index >= 15 is 4.39 Å². The topological polar surface area (TPSA) is 9.23 Å². The second-order valence-electron chi connectivity index (χ2n) is 9.34. The Morgan fingerprint density at radius 3 is 2.15 bits per heavy atom. The Labute approximate surface area is 201 Å². The summed E-state index contributed by atoms with van der Waals surface area (Å²) in [5.41, 5.74) is 4.19. The zero-order chi connectivity index (χ0) is 24.1. The molecule has 0 spiro atoms. The number of rotatable bonds is 8. The zero-order valence-electron chi connectivity index (χ0n) is 20.0. The molecule has 0 radical (unpaired) electrons. The van der Waals surface area contributed by atoms with Crippen molar-refractivity contribution < 1.29 is 17.9 Å². The number of benzene rings is 3. The highest BCUT2D eigenvalue weighted by molar-refractivity contribution is 5.65. The number of hydrogen-bond acceptors (Lipinski definition) is 1. The Kier molecular flexibility index (Phi) is 8.10. The van der Waals surface area contributed by atoms with Crippen molar-refractivity contribution in [3.63, 3.8) is 0 Å². The number of hydrogen-bond donors (Lipinski definition) is 0. The summed E-state index contributed by atoms with van der Waals surface area (Å²) in [5, 5.41) is 0. The van der Waals surface area contributed by atoms with E-state index in [-0.39, 0.29) is 17.8 Å². The van der Waals surface area contributed by atoms with Crippen LogP contribution in [0.5, 0.6) is 0 Å². The molecule has 0 unspecified atom stereocenters. The molecule has 1 aliphatic rings. The Morgan fingerprint density at radius 2 is 1.50 bits per heavy atom. The van der Waals surface area contributed by atoms with Crippen molar-refractivity contribution in [2.24, 2.45) is 0 Å². The molecule has 3 aromatic carbocycles. The maximum Gasteiger partial charge on any atom is 0.166 e. The molecule has 0 aromatic heterocycles. The van der Waals surface area contributed by atoms with Crippen LogP contribution in [0.15, 0.2) is 54.6 Å². The lowest BCUT2D eigenvalue weighted by Crippen LogP contribution is -2.21. The molecule has 0 aliphatic heterocycles. The predicted molar refractivity (Wildman–Crippen MR) is 131 cm³/mol. The Bertz CT molecular complexity index is 1100. The smallest absolute Gasteiger partial charge is 0.166 e. The average molecular weight is 467 g/mol. The SMILES string of the molecule is CCCc1ccc(COC2CCC(c3ccc(-c4ccc(CC)cc4)c(F)c3F)CC2)cc1F. The van der Waals surface area contributed by atoms with E-state index in [1.165, 1.54) is 5.56 Å². The van der Waals surface area contributed by atoms with Gasteiger partial charge in [-0.1, -0.05) is 68.8 Å². The Hall–Kier alpha value is -2.59. The van der Waals surface area contributed by atoms with Gasteiger partial charge in [0.25, 0.3) is 0 Å². The normalized spacial score (nSPS) is 18.3. The fourth-order valence-electron chi connectivity index (χ4n) is 4.93. The third-order valence-electron chi connectivity index (χ3n) is 7.02.